The molecule has 0 fully saturated rings. The molecule has 1 heterocycles. The predicted molar refractivity (Wildman–Crippen MR) is 82.2 cm³/mol. The van der Waals surface area contributed by atoms with Gasteiger partial charge in [0.15, 0.2) is 0 Å². The molecule has 1 atom stereocenters. The Balaban J connectivity index is 2.01. The quantitative estimate of drug-likeness (QED) is 0.711. The van der Waals surface area contributed by atoms with Crippen molar-refractivity contribution in [3.8, 4) is 0 Å². The molecule has 0 radical (unpaired) electrons. The molecule has 0 N–H and O–H groups in total. The Morgan fingerprint density at radius 2 is 1.89 bits per heavy atom. The molecule has 1 nitrogen and oxygen atoms in total. The van der Waals surface area contributed by atoms with Crippen LogP contribution in [0.1, 0.15) is 36.0 Å². The molecule has 3 rings (SSSR count). The van der Waals surface area contributed by atoms with Gasteiger partial charge < -0.3 is 0 Å². The van der Waals surface area contributed by atoms with Gasteiger partial charge in [0.05, 0.1) is 5.69 Å². The average molecular weight is 247 g/mol. The lowest BCUT2D eigenvalue weighted by Crippen LogP contribution is -2.01. The second-order valence-electron chi connectivity index (χ2n) is 5.07. The Morgan fingerprint density at radius 3 is 2.68 bits per heavy atom. The van der Waals surface area contributed by atoms with Crippen molar-refractivity contribution in [2.24, 2.45) is 4.99 Å². The molecule has 1 unspecified atom stereocenters. The van der Waals surface area contributed by atoms with Crippen molar-refractivity contribution in [1.29, 1.82) is 0 Å². The molecular weight excluding hydrogens is 230 g/mol. The van der Waals surface area contributed by atoms with E-state index in [1.165, 1.54) is 16.7 Å². The van der Waals surface area contributed by atoms with Crippen LogP contribution in [0.4, 0.5) is 5.69 Å². The normalized spacial score (nSPS) is 17.0. The second kappa shape index (κ2) is 4.85. The zero-order chi connectivity index (χ0) is 13.2. The lowest BCUT2D eigenvalue weighted by Gasteiger charge is -2.18. The molecule has 0 amide bonds. The van der Waals surface area contributed by atoms with Gasteiger partial charge in [-0.1, -0.05) is 49.9 Å². The van der Waals surface area contributed by atoms with E-state index in [1.807, 2.05) is 24.4 Å². The smallest absolute Gasteiger partial charge is 0.0660 e. The number of aliphatic imine (C=N–C) groups is 1. The highest BCUT2D eigenvalue weighted by atomic mass is 14.7. The highest BCUT2D eigenvalue weighted by Gasteiger charge is 2.14. The topological polar surface area (TPSA) is 12.4 Å². The van der Waals surface area contributed by atoms with Crippen LogP contribution < -0.4 is 0 Å². The standard InChI is InChI=1S/C18H17N/c1-13-10-11-19-18-9-8-16(12-17(13)18)14(2)15-6-4-3-5-7-15/h3-9,11-13H,2,10H2,1H3. The molecular formula is C18H17N. The van der Waals surface area contributed by atoms with Crippen LogP contribution in [0.2, 0.25) is 0 Å². The van der Waals surface area contributed by atoms with Crippen molar-refractivity contribution in [3.05, 3.63) is 71.8 Å². The fourth-order valence-electron chi connectivity index (χ4n) is 2.50. The van der Waals surface area contributed by atoms with Gasteiger partial charge in [0, 0.05) is 6.21 Å². The SMILES string of the molecule is C=C(c1ccccc1)c1ccc2c(c1)C(C)CC=N2. The van der Waals surface area contributed by atoms with Crippen LogP contribution in [-0.2, 0) is 0 Å². The van der Waals surface area contributed by atoms with Crippen LogP contribution in [0, 0.1) is 0 Å². The Hall–Kier alpha value is -2.15. The van der Waals surface area contributed by atoms with Crippen molar-refractivity contribution in [3.63, 3.8) is 0 Å². The first-order valence-electron chi connectivity index (χ1n) is 6.67. The van der Waals surface area contributed by atoms with Crippen molar-refractivity contribution < 1.29 is 0 Å². The minimum Gasteiger partial charge on any atom is -0.261 e. The molecule has 0 aliphatic carbocycles. The van der Waals surface area contributed by atoms with E-state index >= 15 is 0 Å². The van der Waals surface area contributed by atoms with E-state index in [0.29, 0.717) is 5.92 Å². The third-order valence-electron chi connectivity index (χ3n) is 3.72. The van der Waals surface area contributed by atoms with E-state index in [1.54, 1.807) is 0 Å². The van der Waals surface area contributed by atoms with Gasteiger partial charge in [0.2, 0.25) is 0 Å². The minimum atomic E-state index is 0.538. The summed E-state index contributed by atoms with van der Waals surface area (Å²) in [5, 5.41) is 0. The number of rotatable bonds is 2. The van der Waals surface area contributed by atoms with Gasteiger partial charge >= 0.3 is 0 Å². The van der Waals surface area contributed by atoms with Crippen LogP contribution in [0.25, 0.3) is 5.57 Å². The van der Waals surface area contributed by atoms with E-state index in [9.17, 15) is 0 Å². The zero-order valence-corrected chi connectivity index (χ0v) is 11.1. The van der Waals surface area contributed by atoms with Crippen LogP contribution in [0.3, 0.4) is 0 Å². The molecule has 19 heavy (non-hydrogen) atoms. The first-order valence-corrected chi connectivity index (χ1v) is 6.67. The van der Waals surface area contributed by atoms with E-state index in [0.717, 1.165) is 17.7 Å². The van der Waals surface area contributed by atoms with Crippen LogP contribution >= 0.6 is 0 Å². The maximum absolute atomic E-state index is 4.46. The molecule has 0 saturated carbocycles. The van der Waals surface area contributed by atoms with Crippen molar-refractivity contribution in [2.75, 3.05) is 0 Å². The van der Waals surface area contributed by atoms with Crippen LogP contribution in [0.5, 0.6) is 0 Å². The second-order valence-corrected chi connectivity index (χ2v) is 5.07. The van der Waals surface area contributed by atoms with E-state index < -0.39 is 0 Å². The zero-order valence-electron chi connectivity index (χ0n) is 11.1. The van der Waals surface area contributed by atoms with Gasteiger partial charge in [-0.2, -0.15) is 0 Å². The van der Waals surface area contributed by atoms with E-state index in [2.05, 4.69) is 48.8 Å². The van der Waals surface area contributed by atoms with Gasteiger partial charge in [0.25, 0.3) is 0 Å². The first-order chi connectivity index (χ1) is 9.25. The molecule has 1 heteroatoms. The van der Waals surface area contributed by atoms with Gasteiger partial charge in [-0.05, 0) is 46.7 Å². The summed E-state index contributed by atoms with van der Waals surface area (Å²) in [6, 6.07) is 16.8. The lowest BCUT2D eigenvalue weighted by atomic mass is 9.90. The summed E-state index contributed by atoms with van der Waals surface area (Å²) in [5.74, 6) is 0.538. The van der Waals surface area contributed by atoms with Crippen LogP contribution in [-0.4, -0.2) is 6.21 Å². The van der Waals surface area contributed by atoms with Crippen molar-refractivity contribution in [2.45, 2.75) is 19.3 Å². The highest BCUT2D eigenvalue weighted by Crippen LogP contribution is 2.35. The summed E-state index contributed by atoms with van der Waals surface area (Å²) in [5.41, 5.74) is 5.87. The Bertz CT molecular complexity index is 638. The number of fused-ring (bicyclic) bond motifs is 1. The van der Waals surface area contributed by atoms with E-state index in [4.69, 9.17) is 0 Å². The number of nitrogens with zero attached hydrogens (tertiary/aromatic N) is 1. The summed E-state index contributed by atoms with van der Waals surface area (Å²) < 4.78 is 0. The van der Waals surface area contributed by atoms with Gasteiger partial charge in [-0.15, -0.1) is 0 Å². The fraction of sp³-hybridized carbons (Fsp3) is 0.167. The summed E-state index contributed by atoms with van der Waals surface area (Å²) in [6.45, 7) is 6.48. The molecule has 2 aromatic carbocycles. The molecule has 0 bridgehead atoms. The third kappa shape index (κ3) is 2.24. The molecule has 1 aliphatic heterocycles. The third-order valence-corrected chi connectivity index (χ3v) is 3.72. The molecule has 1 aliphatic rings. The van der Waals surface area contributed by atoms with Crippen molar-refractivity contribution >= 4 is 17.5 Å². The van der Waals surface area contributed by atoms with Gasteiger partial charge in [0.1, 0.15) is 0 Å². The minimum absolute atomic E-state index is 0.538. The Kier molecular flexibility index (Phi) is 3.04. The molecule has 0 spiro atoms. The maximum Gasteiger partial charge on any atom is 0.0660 e. The maximum atomic E-state index is 4.46. The average Bonchev–Trinajstić information content (AvgIpc) is 2.47. The number of benzene rings is 2. The first kappa shape index (κ1) is 11.9. The van der Waals surface area contributed by atoms with Gasteiger partial charge in [-0.3, -0.25) is 4.99 Å². The summed E-state index contributed by atoms with van der Waals surface area (Å²) in [6.07, 6.45) is 3.03. The summed E-state index contributed by atoms with van der Waals surface area (Å²) in [4.78, 5) is 4.46. The summed E-state index contributed by atoms with van der Waals surface area (Å²) in [7, 11) is 0. The summed E-state index contributed by atoms with van der Waals surface area (Å²) >= 11 is 0. The van der Waals surface area contributed by atoms with Crippen LogP contribution in [0.15, 0.2) is 60.1 Å². The largest absolute Gasteiger partial charge is 0.261 e. The number of hydrogen-bond acceptors (Lipinski definition) is 1. The molecule has 2 aromatic rings. The fourth-order valence-corrected chi connectivity index (χ4v) is 2.50. The molecule has 0 saturated heterocycles. The number of hydrogen-bond donors (Lipinski definition) is 0. The Labute approximate surface area is 114 Å². The highest BCUT2D eigenvalue weighted by molar-refractivity contribution is 5.80. The molecule has 94 valence electrons. The lowest BCUT2D eigenvalue weighted by molar-refractivity contribution is 0.801. The van der Waals surface area contributed by atoms with Crippen molar-refractivity contribution in [1.82, 2.24) is 0 Å². The Morgan fingerprint density at radius 1 is 1.11 bits per heavy atom. The van der Waals surface area contributed by atoms with E-state index in [-0.39, 0.29) is 0 Å². The predicted octanol–water partition coefficient (Wildman–Crippen LogP) is 4.96. The molecule has 0 aromatic heterocycles. The van der Waals surface area contributed by atoms with Gasteiger partial charge in [-0.25, -0.2) is 0 Å². The monoisotopic (exact) mass is 247 g/mol.